The highest BCUT2D eigenvalue weighted by Crippen LogP contribution is 2.27. The summed E-state index contributed by atoms with van der Waals surface area (Å²) in [5.41, 5.74) is 0.250. The third-order valence-electron chi connectivity index (χ3n) is 1.34. The second-order valence-electron chi connectivity index (χ2n) is 3.09. The first-order valence-electron chi connectivity index (χ1n) is 4.25. The van der Waals surface area contributed by atoms with Gasteiger partial charge in [-0.3, -0.25) is 0 Å². The van der Waals surface area contributed by atoms with Crippen LogP contribution < -0.4 is 0 Å². The van der Waals surface area contributed by atoms with Crippen molar-refractivity contribution in [2.75, 3.05) is 6.61 Å². The molecule has 0 amide bonds. The van der Waals surface area contributed by atoms with Crippen molar-refractivity contribution in [2.45, 2.75) is 23.7 Å². The normalized spacial score (nSPS) is 12.8. The predicted molar refractivity (Wildman–Crippen MR) is 61.6 cm³/mol. The lowest BCUT2D eigenvalue weighted by molar-refractivity contribution is -0.155. The molecule has 0 bridgehead atoms. The van der Waals surface area contributed by atoms with E-state index in [4.69, 9.17) is 44.3 Å². The summed E-state index contributed by atoms with van der Waals surface area (Å²) in [5.74, 6) is -1.59. The first-order chi connectivity index (χ1) is 7.14. The Morgan fingerprint density at radius 1 is 1.38 bits per heavy atom. The maximum Gasteiger partial charge on any atom is 0.358 e. The molecule has 7 heteroatoms. The van der Waals surface area contributed by atoms with Gasteiger partial charge in [-0.15, -0.1) is 0 Å². The van der Waals surface area contributed by atoms with Gasteiger partial charge in [0, 0.05) is 5.57 Å². The Bertz CT molecular complexity index is 296. The molecule has 1 atom stereocenters. The lowest BCUT2D eigenvalue weighted by atomic mass is 10.3. The topological polar surface area (TPSA) is 52.6 Å². The predicted octanol–water partition coefficient (Wildman–Crippen LogP) is 2.41. The van der Waals surface area contributed by atoms with Crippen LogP contribution in [0, 0.1) is 0 Å². The SMILES string of the molecule is C=C(C)C(=O)OCC(C)OC(=O)C(Cl)(Cl)Cl. The van der Waals surface area contributed by atoms with Gasteiger partial charge in [-0.05, 0) is 13.8 Å². The van der Waals surface area contributed by atoms with Crippen molar-refractivity contribution in [2.24, 2.45) is 0 Å². The molecule has 0 heterocycles. The third kappa shape index (κ3) is 6.20. The van der Waals surface area contributed by atoms with Crippen LogP contribution in [-0.2, 0) is 19.1 Å². The molecule has 16 heavy (non-hydrogen) atoms. The number of hydrogen-bond acceptors (Lipinski definition) is 4. The number of esters is 2. The zero-order chi connectivity index (χ0) is 12.9. The number of alkyl halides is 3. The average Bonchev–Trinajstić information content (AvgIpc) is 2.12. The number of carbonyl (C=O) groups is 2. The van der Waals surface area contributed by atoms with Crippen LogP contribution in [-0.4, -0.2) is 28.4 Å². The van der Waals surface area contributed by atoms with E-state index in [0.29, 0.717) is 0 Å². The van der Waals surface area contributed by atoms with Crippen molar-refractivity contribution in [3.8, 4) is 0 Å². The standard InChI is InChI=1S/C9H11Cl3O4/c1-5(2)7(13)15-4-6(3)16-8(14)9(10,11)12/h6H,1,4H2,2-3H3. The van der Waals surface area contributed by atoms with Crippen LogP contribution in [0.4, 0.5) is 0 Å². The molecular formula is C9H11Cl3O4. The Kier molecular flexibility index (Phi) is 6.15. The van der Waals surface area contributed by atoms with Gasteiger partial charge in [0.15, 0.2) is 0 Å². The zero-order valence-electron chi connectivity index (χ0n) is 8.76. The minimum atomic E-state index is -2.13. The van der Waals surface area contributed by atoms with Gasteiger partial charge in [0.05, 0.1) is 0 Å². The minimum Gasteiger partial charge on any atom is -0.458 e. The molecule has 4 nitrogen and oxygen atoms in total. The number of halogens is 3. The van der Waals surface area contributed by atoms with Gasteiger partial charge >= 0.3 is 11.9 Å². The fourth-order valence-corrected chi connectivity index (χ4v) is 0.733. The first-order valence-corrected chi connectivity index (χ1v) is 5.38. The van der Waals surface area contributed by atoms with E-state index in [1.165, 1.54) is 13.8 Å². The highest BCUT2D eigenvalue weighted by atomic mass is 35.6. The molecule has 0 fully saturated rings. The molecule has 0 aliphatic rings. The van der Waals surface area contributed by atoms with Crippen LogP contribution in [0.5, 0.6) is 0 Å². The summed E-state index contributed by atoms with van der Waals surface area (Å²) < 4.78 is 7.30. The number of hydrogen-bond donors (Lipinski definition) is 0. The summed E-state index contributed by atoms with van der Waals surface area (Å²) in [5, 5.41) is 0. The largest absolute Gasteiger partial charge is 0.458 e. The third-order valence-corrected chi connectivity index (χ3v) is 1.80. The summed E-state index contributed by atoms with van der Waals surface area (Å²) in [6.45, 7) is 6.26. The summed E-state index contributed by atoms with van der Waals surface area (Å²) >= 11 is 15.8. The summed E-state index contributed by atoms with van der Waals surface area (Å²) in [4.78, 5) is 22.1. The van der Waals surface area contributed by atoms with Gasteiger partial charge in [-0.25, -0.2) is 9.59 Å². The Hall–Kier alpha value is -0.450. The van der Waals surface area contributed by atoms with Crippen LogP contribution >= 0.6 is 34.8 Å². The zero-order valence-corrected chi connectivity index (χ0v) is 11.0. The smallest absolute Gasteiger partial charge is 0.358 e. The molecule has 92 valence electrons. The Labute approximate surface area is 108 Å². The molecule has 0 rings (SSSR count). The van der Waals surface area contributed by atoms with Crippen LogP contribution in [0.2, 0.25) is 0 Å². The number of carbonyl (C=O) groups excluding carboxylic acids is 2. The quantitative estimate of drug-likeness (QED) is 0.453. The summed E-state index contributed by atoms with van der Waals surface area (Å²) in [6.07, 6.45) is -0.702. The number of rotatable bonds is 4. The van der Waals surface area contributed by atoms with Crippen molar-refractivity contribution >= 4 is 46.7 Å². The monoisotopic (exact) mass is 288 g/mol. The van der Waals surface area contributed by atoms with Gasteiger partial charge < -0.3 is 9.47 Å². The molecule has 0 radical (unpaired) electrons. The molecule has 0 saturated carbocycles. The van der Waals surface area contributed by atoms with Crippen molar-refractivity contribution in [1.82, 2.24) is 0 Å². The molecule has 0 aromatic heterocycles. The first kappa shape index (κ1) is 15.6. The molecule has 0 N–H and O–H groups in total. The van der Waals surface area contributed by atoms with Crippen molar-refractivity contribution in [1.29, 1.82) is 0 Å². The van der Waals surface area contributed by atoms with Crippen molar-refractivity contribution in [3.63, 3.8) is 0 Å². The highest BCUT2D eigenvalue weighted by Gasteiger charge is 2.34. The van der Waals surface area contributed by atoms with E-state index < -0.39 is 21.8 Å². The molecule has 0 aromatic rings. The Morgan fingerprint density at radius 2 is 1.88 bits per heavy atom. The molecular weight excluding hydrogens is 278 g/mol. The van der Waals surface area contributed by atoms with Gasteiger partial charge in [-0.1, -0.05) is 41.4 Å². The lowest BCUT2D eigenvalue weighted by Crippen LogP contribution is -2.29. The maximum atomic E-state index is 11.1. The van der Waals surface area contributed by atoms with E-state index in [1.807, 2.05) is 0 Å². The van der Waals surface area contributed by atoms with E-state index in [9.17, 15) is 9.59 Å². The van der Waals surface area contributed by atoms with Crippen molar-refractivity contribution < 1.29 is 19.1 Å². The Morgan fingerprint density at radius 3 is 2.25 bits per heavy atom. The van der Waals surface area contributed by atoms with Gasteiger partial charge in [-0.2, -0.15) is 0 Å². The van der Waals surface area contributed by atoms with Crippen LogP contribution in [0.15, 0.2) is 12.2 Å². The molecule has 1 unspecified atom stereocenters. The van der Waals surface area contributed by atoms with Crippen molar-refractivity contribution in [3.05, 3.63) is 12.2 Å². The van der Waals surface area contributed by atoms with E-state index in [2.05, 4.69) is 6.58 Å². The fourth-order valence-electron chi connectivity index (χ4n) is 0.600. The van der Waals surface area contributed by atoms with Gasteiger partial charge in [0.1, 0.15) is 12.7 Å². The van der Waals surface area contributed by atoms with Crippen LogP contribution in [0.3, 0.4) is 0 Å². The minimum absolute atomic E-state index is 0.127. The fraction of sp³-hybridized carbons (Fsp3) is 0.556. The molecule has 0 aliphatic carbocycles. The van der Waals surface area contributed by atoms with E-state index in [0.717, 1.165) is 0 Å². The van der Waals surface area contributed by atoms with E-state index in [-0.39, 0.29) is 12.2 Å². The van der Waals surface area contributed by atoms with Crippen LogP contribution in [0.25, 0.3) is 0 Å². The lowest BCUT2D eigenvalue weighted by Gasteiger charge is -2.16. The highest BCUT2D eigenvalue weighted by molar-refractivity contribution is 6.75. The summed E-state index contributed by atoms with van der Waals surface area (Å²) in [7, 11) is 0. The molecule has 0 aliphatic heterocycles. The second kappa shape index (κ2) is 6.33. The summed E-state index contributed by atoms with van der Waals surface area (Å²) in [6, 6.07) is 0. The van der Waals surface area contributed by atoms with Crippen LogP contribution in [0.1, 0.15) is 13.8 Å². The second-order valence-corrected chi connectivity index (χ2v) is 5.37. The molecule has 0 saturated heterocycles. The van der Waals surface area contributed by atoms with Gasteiger partial charge in [0.2, 0.25) is 0 Å². The van der Waals surface area contributed by atoms with E-state index >= 15 is 0 Å². The molecule has 0 spiro atoms. The van der Waals surface area contributed by atoms with E-state index in [1.54, 1.807) is 0 Å². The average molecular weight is 290 g/mol. The van der Waals surface area contributed by atoms with Gasteiger partial charge in [0.25, 0.3) is 3.79 Å². The number of ether oxygens (including phenoxy) is 2. The maximum absolute atomic E-state index is 11.1. The molecule has 0 aromatic carbocycles. The Balaban J connectivity index is 4.01.